The van der Waals surface area contributed by atoms with E-state index in [2.05, 4.69) is 43.6 Å². The van der Waals surface area contributed by atoms with Crippen molar-refractivity contribution in [3.63, 3.8) is 0 Å². The van der Waals surface area contributed by atoms with Gasteiger partial charge in [0.15, 0.2) is 0 Å². The van der Waals surface area contributed by atoms with E-state index in [1.165, 1.54) is 0 Å². The van der Waals surface area contributed by atoms with Crippen LogP contribution in [0.25, 0.3) is 11.0 Å². The van der Waals surface area contributed by atoms with Gasteiger partial charge in [0.05, 0.1) is 17.6 Å². The highest BCUT2D eigenvalue weighted by molar-refractivity contribution is 6.31. The molecule has 0 aliphatic carbocycles. The van der Waals surface area contributed by atoms with Crippen LogP contribution in [-0.2, 0) is 6.54 Å². The molecule has 0 radical (unpaired) electrons. The monoisotopic (exact) mass is 279 g/mol. The van der Waals surface area contributed by atoms with Crippen LogP contribution in [0, 0.1) is 0 Å². The summed E-state index contributed by atoms with van der Waals surface area (Å²) in [5.41, 5.74) is 2.13. The number of benzene rings is 1. The van der Waals surface area contributed by atoms with E-state index in [0.717, 1.165) is 34.8 Å². The molecule has 0 amide bonds. The third-order valence-corrected chi connectivity index (χ3v) is 3.70. The molecule has 1 N–H and O–H groups in total. The van der Waals surface area contributed by atoms with E-state index in [9.17, 15) is 0 Å². The quantitative estimate of drug-likeness (QED) is 0.891. The third-order valence-electron chi connectivity index (χ3n) is 3.46. The van der Waals surface area contributed by atoms with Gasteiger partial charge < -0.3 is 9.88 Å². The predicted octanol–water partition coefficient (Wildman–Crippen LogP) is 4.16. The number of hydrogen-bond donors (Lipinski definition) is 1. The third kappa shape index (κ3) is 3.10. The molecule has 3 nitrogen and oxygen atoms in total. The van der Waals surface area contributed by atoms with Gasteiger partial charge in [-0.3, -0.25) is 0 Å². The lowest BCUT2D eigenvalue weighted by atomic mass is 10.2. The Morgan fingerprint density at radius 1 is 1.32 bits per heavy atom. The van der Waals surface area contributed by atoms with E-state index in [0.29, 0.717) is 12.1 Å². The summed E-state index contributed by atoms with van der Waals surface area (Å²) in [5, 5.41) is 4.24. The Balaban J connectivity index is 2.38. The molecule has 1 aromatic carbocycles. The van der Waals surface area contributed by atoms with Crippen molar-refractivity contribution in [1.29, 1.82) is 0 Å². The summed E-state index contributed by atoms with van der Waals surface area (Å²) in [6, 6.07) is 6.81. The molecule has 0 saturated carbocycles. The van der Waals surface area contributed by atoms with Gasteiger partial charge in [0, 0.05) is 17.1 Å². The summed E-state index contributed by atoms with van der Waals surface area (Å²) in [6.07, 6.45) is 1.12. The molecule has 0 bridgehead atoms. The Labute approximate surface area is 120 Å². The lowest BCUT2D eigenvalue weighted by Crippen LogP contribution is -2.26. The second-order valence-corrected chi connectivity index (χ2v) is 5.75. The van der Waals surface area contributed by atoms with Crippen LogP contribution < -0.4 is 5.32 Å². The number of nitrogens with zero attached hydrogens (tertiary/aromatic N) is 2. The van der Waals surface area contributed by atoms with Crippen LogP contribution in [0.3, 0.4) is 0 Å². The lowest BCUT2D eigenvalue weighted by Gasteiger charge is -2.15. The standard InChI is InChI=1S/C15H22ClN3/c1-5-11(4)17-9-15-18-13-8-12(16)6-7-14(13)19(15)10(2)3/h6-8,10-11,17H,5,9H2,1-4H3. The molecule has 0 saturated heterocycles. The minimum Gasteiger partial charge on any atom is -0.324 e. The van der Waals surface area contributed by atoms with Crippen molar-refractivity contribution in [2.45, 2.75) is 52.7 Å². The van der Waals surface area contributed by atoms with Gasteiger partial charge in [-0.25, -0.2) is 4.98 Å². The topological polar surface area (TPSA) is 29.9 Å². The number of nitrogens with one attached hydrogen (secondary N) is 1. The van der Waals surface area contributed by atoms with E-state index in [-0.39, 0.29) is 0 Å². The highest BCUT2D eigenvalue weighted by Gasteiger charge is 2.13. The molecular weight excluding hydrogens is 258 g/mol. The van der Waals surface area contributed by atoms with E-state index >= 15 is 0 Å². The van der Waals surface area contributed by atoms with Gasteiger partial charge in [-0.2, -0.15) is 0 Å². The van der Waals surface area contributed by atoms with E-state index in [1.54, 1.807) is 0 Å². The van der Waals surface area contributed by atoms with Crippen LogP contribution in [0.2, 0.25) is 5.02 Å². The van der Waals surface area contributed by atoms with E-state index in [1.807, 2.05) is 12.1 Å². The molecule has 104 valence electrons. The van der Waals surface area contributed by atoms with Gasteiger partial charge in [0.1, 0.15) is 5.82 Å². The fourth-order valence-electron chi connectivity index (χ4n) is 2.23. The maximum atomic E-state index is 6.04. The molecule has 1 heterocycles. The zero-order valence-corrected chi connectivity index (χ0v) is 12.8. The van der Waals surface area contributed by atoms with Gasteiger partial charge in [-0.05, 0) is 45.4 Å². The first-order valence-corrected chi connectivity index (χ1v) is 7.30. The fourth-order valence-corrected chi connectivity index (χ4v) is 2.40. The van der Waals surface area contributed by atoms with E-state index < -0.39 is 0 Å². The maximum absolute atomic E-state index is 6.04. The van der Waals surface area contributed by atoms with Crippen LogP contribution in [0.15, 0.2) is 18.2 Å². The van der Waals surface area contributed by atoms with Crippen molar-refractivity contribution in [3.05, 3.63) is 29.0 Å². The van der Waals surface area contributed by atoms with Gasteiger partial charge >= 0.3 is 0 Å². The van der Waals surface area contributed by atoms with Gasteiger partial charge in [0.2, 0.25) is 0 Å². The Hall–Kier alpha value is -1.06. The average molecular weight is 280 g/mol. The molecule has 1 atom stereocenters. The highest BCUT2D eigenvalue weighted by atomic mass is 35.5. The van der Waals surface area contributed by atoms with Crippen molar-refractivity contribution < 1.29 is 0 Å². The molecule has 0 fully saturated rings. The number of imidazole rings is 1. The Bertz CT molecular complexity index is 560. The van der Waals surface area contributed by atoms with Gasteiger partial charge in [-0.1, -0.05) is 18.5 Å². The smallest absolute Gasteiger partial charge is 0.124 e. The summed E-state index contributed by atoms with van der Waals surface area (Å²) >= 11 is 6.04. The highest BCUT2D eigenvalue weighted by Crippen LogP contribution is 2.24. The number of rotatable bonds is 5. The second-order valence-electron chi connectivity index (χ2n) is 5.32. The Morgan fingerprint density at radius 3 is 2.68 bits per heavy atom. The molecule has 2 rings (SSSR count). The Kier molecular flexibility index (Phi) is 4.48. The average Bonchev–Trinajstić information content (AvgIpc) is 2.73. The van der Waals surface area contributed by atoms with Crippen LogP contribution >= 0.6 is 11.6 Å². The van der Waals surface area contributed by atoms with Gasteiger partial charge in [0.25, 0.3) is 0 Å². The molecule has 0 aliphatic heterocycles. The molecular formula is C15H22ClN3. The number of hydrogen-bond acceptors (Lipinski definition) is 2. The first kappa shape index (κ1) is 14.4. The van der Waals surface area contributed by atoms with Crippen LogP contribution in [0.4, 0.5) is 0 Å². The van der Waals surface area contributed by atoms with Crippen LogP contribution in [0.1, 0.15) is 46.0 Å². The van der Waals surface area contributed by atoms with Crippen molar-refractivity contribution in [3.8, 4) is 0 Å². The van der Waals surface area contributed by atoms with Crippen molar-refractivity contribution >= 4 is 22.6 Å². The first-order valence-electron chi connectivity index (χ1n) is 6.92. The molecule has 4 heteroatoms. The maximum Gasteiger partial charge on any atom is 0.124 e. The normalized spacial score (nSPS) is 13.4. The fraction of sp³-hybridized carbons (Fsp3) is 0.533. The number of halogens is 1. The summed E-state index contributed by atoms with van der Waals surface area (Å²) < 4.78 is 2.28. The summed E-state index contributed by atoms with van der Waals surface area (Å²) in [6.45, 7) is 9.53. The van der Waals surface area contributed by atoms with Crippen molar-refractivity contribution in [1.82, 2.24) is 14.9 Å². The van der Waals surface area contributed by atoms with Gasteiger partial charge in [-0.15, -0.1) is 0 Å². The molecule has 0 aliphatic rings. The lowest BCUT2D eigenvalue weighted by molar-refractivity contribution is 0.496. The zero-order chi connectivity index (χ0) is 14.0. The number of aromatic nitrogens is 2. The predicted molar refractivity (Wildman–Crippen MR) is 81.7 cm³/mol. The first-order chi connectivity index (χ1) is 9.02. The largest absolute Gasteiger partial charge is 0.324 e. The Morgan fingerprint density at radius 2 is 2.05 bits per heavy atom. The van der Waals surface area contributed by atoms with Crippen LogP contribution in [-0.4, -0.2) is 15.6 Å². The molecule has 0 spiro atoms. The molecule has 1 aromatic heterocycles. The van der Waals surface area contributed by atoms with Crippen molar-refractivity contribution in [2.24, 2.45) is 0 Å². The summed E-state index contributed by atoms with van der Waals surface area (Å²) in [5.74, 6) is 1.08. The molecule has 1 unspecified atom stereocenters. The summed E-state index contributed by atoms with van der Waals surface area (Å²) in [7, 11) is 0. The minimum absolute atomic E-state index is 0.389. The summed E-state index contributed by atoms with van der Waals surface area (Å²) in [4.78, 5) is 4.72. The molecule has 2 aromatic rings. The van der Waals surface area contributed by atoms with E-state index in [4.69, 9.17) is 16.6 Å². The SMILES string of the molecule is CCC(C)NCc1nc2cc(Cl)ccc2n1C(C)C. The minimum atomic E-state index is 0.389. The van der Waals surface area contributed by atoms with Crippen molar-refractivity contribution in [2.75, 3.05) is 0 Å². The van der Waals surface area contributed by atoms with Crippen LogP contribution in [0.5, 0.6) is 0 Å². The molecule has 19 heavy (non-hydrogen) atoms. The second kappa shape index (κ2) is 5.93. The number of fused-ring (bicyclic) bond motifs is 1. The zero-order valence-electron chi connectivity index (χ0n) is 12.1.